The van der Waals surface area contributed by atoms with Gasteiger partial charge in [0.25, 0.3) is 5.91 Å². The third-order valence-corrected chi connectivity index (χ3v) is 3.95. The summed E-state index contributed by atoms with van der Waals surface area (Å²) in [7, 11) is 0. The maximum absolute atomic E-state index is 12.6. The van der Waals surface area contributed by atoms with E-state index >= 15 is 0 Å². The number of ether oxygens (including phenoxy) is 5. The minimum absolute atomic E-state index is 0.203. The molecule has 2 aromatic carbocycles. The Morgan fingerprint density at radius 3 is 2.31 bits per heavy atom. The summed E-state index contributed by atoms with van der Waals surface area (Å²) >= 11 is 0. The highest BCUT2D eigenvalue weighted by molar-refractivity contribution is 5.96. The van der Waals surface area contributed by atoms with Gasteiger partial charge >= 0.3 is 0 Å². The van der Waals surface area contributed by atoms with Crippen molar-refractivity contribution >= 4 is 12.1 Å². The number of hydrogen-bond donors (Lipinski definition) is 1. The summed E-state index contributed by atoms with van der Waals surface area (Å²) in [6.07, 6.45) is 1.53. The van der Waals surface area contributed by atoms with Crippen LogP contribution in [0.5, 0.6) is 28.7 Å². The second-order valence-corrected chi connectivity index (χ2v) is 5.91. The number of hydrazone groups is 1. The van der Waals surface area contributed by atoms with E-state index in [1.54, 1.807) is 24.3 Å². The molecule has 2 aromatic rings. The van der Waals surface area contributed by atoms with Crippen molar-refractivity contribution in [3.8, 4) is 28.7 Å². The monoisotopic (exact) mass is 400 g/mol. The zero-order valence-electron chi connectivity index (χ0n) is 16.7. The van der Waals surface area contributed by atoms with Gasteiger partial charge in [0.1, 0.15) is 0 Å². The van der Waals surface area contributed by atoms with Gasteiger partial charge in [-0.05, 0) is 56.7 Å². The predicted octanol–water partition coefficient (Wildman–Crippen LogP) is 3.38. The second kappa shape index (κ2) is 9.68. The highest BCUT2D eigenvalue weighted by atomic mass is 16.7. The Morgan fingerprint density at radius 2 is 1.66 bits per heavy atom. The van der Waals surface area contributed by atoms with E-state index in [1.165, 1.54) is 6.21 Å². The first-order valence-corrected chi connectivity index (χ1v) is 9.45. The molecular weight excluding hydrogens is 376 g/mol. The molecule has 0 spiro atoms. The molecular formula is C21H24N2O6. The lowest BCUT2D eigenvalue weighted by Crippen LogP contribution is -2.18. The van der Waals surface area contributed by atoms with E-state index in [0.29, 0.717) is 54.1 Å². The Labute approximate surface area is 169 Å². The molecule has 8 heteroatoms. The Hall–Kier alpha value is -3.42. The molecule has 1 amide bonds. The van der Waals surface area contributed by atoms with Gasteiger partial charge in [-0.1, -0.05) is 0 Å². The molecule has 154 valence electrons. The van der Waals surface area contributed by atoms with E-state index in [4.69, 9.17) is 23.7 Å². The van der Waals surface area contributed by atoms with Crippen LogP contribution in [0.15, 0.2) is 35.4 Å². The molecule has 1 aliphatic heterocycles. The standard InChI is InChI=1S/C21H24N2O6/c1-4-25-18-10-15(11-19(26-5-2)20(18)27-6-3)21(24)23-22-12-14-7-8-16-17(9-14)29-13-28-16/h7-12H,4-6,13H2,1-3H3,(H,23,24)/b22-12+. The number of hydrogen-bond acceptors (Lipinski definition) is 7. The number of benzene rings is 2. The van der Waals surface area contributed by atoms with Gasteiger partial charge < -0.3 is 23.7 Å². The fourth-order valence-electron chi connectivity index (χ4n) is 2.74. The van der Waals surface area contributed by atoms with E-state index in [9.17, 15) is 4.79 Å². The van der Waals surface area contributed by atoms with Crippen LogP contribution in [0.2, 0.25) is 0 Å². The minimum atomic E-state index is -0.396. The van der Waals surface area contributed by atoms with Crippen molar-refractivity contribution in [2.24, 2.45) is 5.10 Å². The van der Waals surface area contributed by atoms with Crippen LogP contribution in [-0.2, 0) is 0 Å². The first-order chi connectivity index (χ1) is 14.2. The maximum atomic E-state index is 12.6. The van der Waals surface area contributed by atoms with Gasteiger partial charge in [0, 0.05) is 5.56 Å². The quantitative estimate of drug-likeness (QED) is 0.513. The van der Waals surface area contributed by atoms with Crippen LogP contribution in [-0.4, -0.2) is 38.7 Å². The van der Waals surface area contributed by atoms with Crippen molar-refractivity contribution in [2.45, 2.75) is 20.8 Å². The molecule has 0 bridgehead atoms. The molecule has 0 aliphatic carbocycles. The van der Waals surface area contributed by atoms with E-state index < -0.39 is 5.91 Å². The maximum Gasteiger partial charge on any atom is 0.271 e. The largest absolute Gasteiger partial charge is 0.490 e. The molecule has 1 heterocycles. The Balaban J connectivity index is 1.77. The molecule has 0 radical (unpaired) electrons. The highest BCUT2D eigenvalue weighted by Crippen LogP contribution is 2.39. The summed E-state index contributed by atoms with van der Waals surface area (Å²) in [4.78, 5) is 12.6. The number of rotatable bonds is 9. The van der Waals surface area contributed by atoms with Crippen LogP contribution in [0, 0.1) is 0 Å². The third-order valence-electron chi connectivity index (χ3n) is 3.95. The van der Waals surface area contributed by atoms with E-state index in [-0.39, 0.29) is 6.79 Å². The molecule has 0 saturated heterocycles. The summed E-state index contributed by atoms with van der Waals surface area (Å²) in [6, 6.07) is 8.63. The lowest BCUT2D eigenvalue weighted by atomic mass is 10.1. The molecule has 0 saturated carbocycles. The third kappa shape index (κ3) is 4.90. The lowest BCUT2D eigenvalue weighted by molar-refractivity contribution is 0.0954. The first kappa shape index (κ1) is 20.3. The molecule has 29 heavy (non-hydrogen) atoms. The summed E-state index contributed by atoms with van der Waals surface area (Å²) in [5.41, 5.74) is 3.63. The molecule has 0 aromatic heterocycles. The number of nitrogens with one attached hydrogen (secondary N) is 1. The molecule has 3 rings (SSSR count). The normalized spacial score (nSPS) is 12.1. The van der Waals surface area contributed by atoms with Crippen molar-refractivity contribution in [3.63, 3.8) is 0 Å². The molecule has 8 nitrogen and oxygen atoms in total. The second-order valence-electron chi connectivity index (χ2n) is 5.91. The van der Waals surface area contributed by atoms with Gasteiger partial charge in [0.2, 0.25) is 12.5 Å². The van der Waals surface area contributed by atoms with E-state index in [1.807, 2.05) is 26.8 Å². The van der Waals surface area contributed by atoms with Crippen LogP contribution < -0.4 is 29.1 Å². The van der Waals surface area contributed by atoms with Crippen molar-refractivity contribution in [1.82, 2.24) is 5.43 Å². The fourth-order valence-corrected chi connectivity index (χ4v) is 2.74. The van der Waals surface area contributed by atoms with Crippen LogP contribution >= 0.6 is 0 Å². The molecule has 1 N–H and O–H groups in total. The van der Waals surface area contributed by atoms with Crippen molar-refractivity contribution in [3.05, 3.63) is 41.5 Å². The van der Waals surface area contributed by atoms with Gasteiger partial charge in [-0.2, -0.15) is 5.10 Å². The fraction of sp³-hybridized carbons (Fsp3) is 0.333. The lowest BCUT2D eigenvalue weighted by Gasteiger charge is -2.16. The van der Waals surface area contributed by atoms with Crippen molar-refractivity contribution in [2.75, 3.05) is 26.6 Å². The average Bonchev–Trinajstić information content (AvgIpc) is 3.18. The number of carbonyl (C=O) groups is 1. The molecule has 1 aliphatic rings. The molecule has 0 fully saturated rings. The van der Waals surface area contributed by atoms with Gasteiger partial charge in [-0.25, -0.2) is 5.43 Å². The first-order valence-electron chi connectivity index (χ1n) is 9.45. The zero-order valence-corrected chi connectivity index (χ0v) is 16.7. The van der Waals surface area contributed by atoms with Crippen molar-refractivity contribution in [1.29, 1.82) is 0 Å². The Bertz CT molecular complexity index is 870. The van der Waals surface area contributed by atoms with Crippen LogP contribution in [0.4, 0.5) is 0 Å². The topological polar surface area (TPSA) is 87.6 Å². The van der Waals surface area contributed by atoms with Crippen LogP contribution in [0.1, 0.15) is 36.7 Å². The van der Waals surface area contributed by atoms with Crippen LogP contribution in [0.25, 0.3) is 0 Å². The summed E-state index contributed by atoms with van der Waals surface area (Å²) in [5, 5.41) is 4.02. The SMILES string of the molecule is CCOc1cc(C(=O)N/N=C/c2ccc3c(c2)OCO3)cc(OCC)c1OCC. The van der Waals surface area contributed by atoms with Gasteiger partial charge in [0.15, 0.2) is 23.0 Å². The summed E-state index contributed by atoms with van der Waals surface area (Å²) in [5.74, 6) is 2.32. The predicted molar refractivity (Wildman–Crippen MR) is 108 cm³/mol. The molecule has 0 unspecified atom stereocenters. The van der Waals surface area contributed by atoms with Gasteiger partial charge in [0.05, 0.1) is 26.0 Å². The summed E-state index contributed by atoms with van der Waals surface area (Å²) < 4.78 is 27.5. The summed E-state index contributed by atoms with van der Waals surface area (Å²) in [6.45, 7) is 7.10. The zero-order chi connectivity index (χ0) is 20.6. The van der Waals surface area contributed by atoms with Crippen LogP contribution in [0.3, 0.4) is 0 Å². The van der Waals surface area contributed by atoms with Gasteiger partial charge in [-0.3, -0.25) is 4.79 Å². The van der Waals surface area contributed by atoms with E-state index in [0.717, 1.165) is 5.56 Å². The van der Waals surface area contributed by atoms with Crippen molar-refractivity contribution < 1.29 is 28.5 Å². The average molecular weight is 400 g/mol. The highest BCUT2D eigenvalue weighted by Gasteiger charge is 2.18. The number of fused-ring (bicyclic) bond motifs is 1. The van der Waals surface area contributed by atoms with E-state index in [2.05, 4.69) is 10.5 Å². The minimum Gasteiger partial charge on any atom is -0.490 e. The molecule has 0 atom stereocenters. The Kier molecular flexibility index (Phi) is 6.78. The smallest absolute Gasteiger partial charge is 0.271 e. The number of nitrogens with zero attached hydrogens (tertiary/aromatic N) is 1. The number of carbonyl (C=O) groups excluding carboxylic acids is 1. The Morgan fingerprint density at radius 1 is 1.00 bits per heavy atom. The van der Waals surface area contributed by atoms with Gasteiger partial charge in [-0.15, -0.1) is 0 Å². The number of amides is 1.